The predicted molar refractivity (Wildman–Crippen MR) is 183 cm³/mol. The summed E-state index contributed by atoms with van der Waals surface area (Å²) in [5.74, 6) is 6.42. The van der Waals surface area contributed by atoms with Crippen LogP contribution in [0.5, 0.6) is 0 Å². The number of nitrogens with two attached hydrogens (primary N) is 2. The van der Waals surface area contributed by atoms with Gasteiger partial charge in [-0.15, -0.1) is 0 Å². The second-order valence-corrected chi connectivity index (χ2v) is 14.6. The summed E-state index contributed by atoms with van der Waals surface area (Å²) in [6.45, 7) is 12.9. The Balaban J connectivity index is 1.58. The number of unbranched alkanes of at least 4 members (excludes halogenated alkanes) is 4. The molecule has 1 amide bonds. The van der Waals surface area contributed by atoms with Crippen LogP contribution in [0.1, 0.15) is 118 Å². The molecule has 1 saturated heterocycles. The molecule has 0 spiro atoms. The molecule has 0 radical (unpaired) electrons. The summed E-state index contributed by atoms with van der Waals surface area (Å²) in [5.41, 5.74) is 12.6. The molecule has 260 valence electrons. The van der Waals surface area contributed by atoms with E-state index in [0.29, 0.717) is 19.5 Å². The van der Waals surface area contributed by atoms with Gasteiger partial charge in [0, 0.05) is 25.7 Å². The van der Waals surface area contributed by atoms with Crippen molar-refractivity contribution >= 4 is 5.91 Å². The molecule has 3 aliphatic rings. The highest BCUT2D eigenvalue weighted by Crippen LogP contribution is 2.48. The lowest BCUT2D eigenvalue weighted by atomic mass is 9.62. The Morgan fingerprint density at radius 1 is 1.11 bits per heavy atom. The van der Waals surface area contributed by atoms with Crippen LogP contribution in [0.4, 0.5) is 4.39 Å². The number of hydrogen-bond acceptors (Lipinski definition) is 7. The van der Waals surface area contributed by atoms with E-state index >= 15 is 4.39 Å². The van der Waals surface area contributed by atoms with Crippen LogP contribution in [0, 0.1) is 29.1 Å². The minimum absolute atomic E-state index is 0.0660. The summed E-state index contributed by atoms with van der Waals surface area (Å²) >= 11 is 0. The fourth-order valence-electron chi connectivity index (χ4n) is 7.39. The number of halogens is 1. The molecule has 9 heteroatoms. The number of amides is 1. The molecule has 45 heavy (non-hydrogen) atoms. The highest BCUT2D eigenvalue weighted by atomic mass is 19.1. The molecule has 2 heterocycles. The van der Waals surface area contributed by atoms with Crippen LogP contribution in [0.3, 0.4) is 0 Å². The quantitative estimate of drug-likeness (QED) is 0.0719. The molecule has 7 atom stereocenters. The number of nitrogens with zero attached hydrogens (tertiary/aromatic N) is 1. The Morgan fingerprint density at radius 2 is 1.89 bits per heavy atom. The van der Waals surface area contributed by atoms with Gasteiger partial charge in [0.2, 0.25) is 5.91 Å². The predicted octanol–water partition coefficient (Wildman–Crippen LogP) is 4.46. The normalized spacial score (nSPS) is 26.2. The molecule has 8 nitrogen and oxygen atoms in total. The van der Waals surface area contributed by atoms with E-state index in [4.69, 9.17) is 16.2 Å². The number of hydrogen-bond donors (Lipinski definition) is 5. The van der Waals surface area contributed by atoms with Crippen molar-refractivity contribution in [2.45, 2.75) is 154 Å². The van der Waals surface area contributed by atoms with Crippen LogP contribution in [-0.2, 0) is 9.53 Å². The maximum absolute atomic E-state index is 15.3. The van der Waals surface area contributed by atoms with Gasteiger partial charge >= 0.3 is 0 Å². The summed E-state index contributed by atoms with van der Waals surface area (Å²) in [6.07, 6.45) is 13.4. The minimum atomic E-state index is -0.980. The number of carbonyl (C=O) groups is 1. The molecular weight excluding hydrogens is 567 g/mol. The van der Waals surface area contributed by atoms with E-state index in [1.807, 2.05) is 6.92 Å². The minimum Gasteiger partial charge on any atom is -0.359 e. The van der Waals surface area contributed by atoms with E-state index in [-0.39, 0.29) is 36.1 Å². The number of alkyl halides is 1. The lowest BCUT2D eigenvalue weighted by Crippen LogP contribution is -2.60. The molecule has 2 fully saturated rings. The van der Waals surface area contributed by atoms with E-state index in [0.717, 1.165) is 51.2 Å². The van der Waals surface area contributed by atoms with Crippen molar-refractivity contribution in [3.05, 3.63) is 0 Å². The topological polar surface area (TPSA) is 118 Å². The zero-order valence-corrected chi connectivity index (χ0v) is 29.1. The van der Waals surface area contributed by atoms with E-state index in [2.05, 4.69) is 53.5 Å². The van der Waals surface area contributed by atoms with Crippen LogP contribution >= 0.6 is 0 Å². The van der Waals surface area contributed by atoms with Gasteiger partial charge in [-0.3, -0.25) is 9.69 Å². The average Bonchev–Trinajstić information content (AvgIpc) is 3.17. The van der Waals surface area contributed by atoms with Gasteiger partial charge in [0.1, 0.15) is 12.3 Å². The van der Waals surface area contributed by atoms with Crippen LogP contribution in [-0.4, -0.2) is 86.7 Å². The van der Waals surface area contributed by atoms with E-state index in [1.54, 1.807) is 0 Å². The van der Waals surface area contributed by atoms with Crippen molar-refractivity contribution in [3.63, 3.8) is 0 Å². The second-order valence-electron chi connectivity index (χ2n) is 14.6. The van der Waals surface area contributed by atoms with Crippen molar-refractivity contribution in [2.75, 3.05) is 39.3 Å². The lowest BCUT2D eigenvalue weighted by molar-refractivity contribution is -0.128. The molecule has 1 saturated carbocycles. The van der Waals surface area contributed by atoms with Gasteiger partial charge in [-0.05, 0) is 82.7 Å². The van der Waals surface area contributed by atoms with Gasteiger partial charge in [0.25, 0.3) is 0 Å². The summed E-state index contributed by atoms with van der Waals surface area (Å²) in [5, 5.41) is 9.94. The number of ether oxygens (including phenoxy) is 1. The summed E-state index contributed by atoms with van der Waals surface area (Å²) in [4.78, 5) is 16.1. The largest absolute Gasteiger partial charge is 0.359 e. The molecule has 0 aromatic rings. The monoisotopic (exact) mass is 635 g/mol. The first-order valence-electron chi connectivity index (χ1n) is 18.4. The Morgan fingerprint density at radius 3 is 2.53 bits per heavy atom. The van der Waals surface area contributed by atoms with Gasteiger partial charge in [-0.1, -0.05) is 71.1 Å². The van der Waals surface area contributed by atoms with Gasteiger partial charge in [-0.25, -0.2) is 4.39 Å². The maximum atomic E-state index is 15.3. The van der Waals surface area contributed by atoms with Crippen LogP contribution < -0.4 is 27.4 Å². The van der Waals surface area contributed by atoms with E-state index < -0.39 is 24.4 Å². The third kappa shape index (κ3) is 12.7. The van der Waals surface area contributed by atoms with Crippen LogP contribution in [0.25, 0.3) is 0 Å². The molecule has 0 bridgehead atoms. The van der Waals surface area contributed by atoms with Crippen molar-refractivity contribution in [2.24, 2.45) is 28.7 Å². The fourth-order valence-corrected chi connectivity index (χ4v) is 7.39. The van der Waals surface area contributed by atoms with Gasteiger partial charge in [0.15, 0.2) is 0 Å². The molecular formula is C36H67FN6O2. The SMILES string of the molecule is CCCCCCN1CC#CC(O[C@H]2CCCNC2)C(NC(=O)C(C(N)N)C(C)NCC(F)CCC(C)(CCCC)C2CCC2)C1. The zero-order valence-electron chi connectivity index (χ0n) is 29.1. The van der Waals surface area contributed by atoms with E-state index in [9.17, 15) is 4.79 Å². The average molecular weight is 635 g/mol. The van der Waals surface area contributed by atoms with E-state index in [1.165, 1.54) is 57.8 Å². The number of nitrogens with one attached hydrogen (secondary N) is 3. The first-order chi connectivity index (χ1) is 21.7. The van der Waals surface area contributed by atoms with Crippen molar-refractivity contribution in [1.29, 1.82) is 0 Å². The first-order valence-corrected chi connectivity index (χ1v) is 18.4. The van der Waals surface area contributed by atoms with Crippen molar-refractivity contribution in [1.82, 2.24) is 20.9 Å². The van der Waals surface area contributed by atoms with Gasteiger partial charge in [0.05, 0.1) is 30.8 Å². The third-order valence-electron chi connectivity index (χ3n) is 10.8. The Labute approximate surface area is 274 Å². The Kier molecular flexibility index (Phi) is 17.1. The Bertz CT molecular complexity index is 902. The molecule has 2 aliphatic heterocycles. The van der Waals surface area contributed by atoms with Gasteiger partial charge in [-0.2, -0.15) is 0 Å². The molecule has 3 rings (SSSR count). The third-order valence-corrected chi connectivity index (χ3v) is 10.8. The van der Waals surface area contributed by atoms with Gasteiger partial charge < -0.3 is 32.2 Å². The maximum Gasteiger partial charge on any atom is 0.227 e. The summed E-state index contributed by atoms with van der Waals surface area (Å²) in [6, 6.07) is -0.694. The molecule has 0 aromatic heterocycles. The molecule has 6 unspecified atom stereocenters. The summed E-state index contributed by atoms with van der Waals surface area (Å²) in [7, 11) is 0. The number of rotatable bonds is 21. The number of carbonyl (C=O) groups excluding carboxylic acids is 1. The standard InChI is InChI=1S/C36H67FN6O2/c1-5-7-9-10-22-43-23-13-17-32(45-30-16-12-21-40-25-30)31(26-43)42-35(44)33(34(38)39)27(3)41-24-29(37)18-20-36(4,19-8-6-2)28-14-11-15-28/h27-34,40-41H,5-12,14-16,18-26,38-39H2,1-4H3,(H,42,44)/t27?,29?,30-,31?,32?,33?,36?/m0/s1. The first kappa shape index (κ1) is 38.2. The molecule has 7 N–H and O–H groups in total. The fraction of sp³-hybridized carbons (Fsp3) is 0.917. The molecule has 0 aromatic carbocycles. The molecule has 1 aliphatic carbocycles. The Hall–Kier alpha value is -1.28. The number of piperidine rings is 1. The summed E-state index contributed by atoms with van der Waals surface area (Å²) < 4.78 is 21.8. The smallest absolute Gasteiger partial charge is 0.227 e. The highest BCUT2D eigenvalue weighted by Gasteiger charge is 2.38. The second kappa shape index (κ2) is 20.2. The van der Waals surface area contributed by atoms with Crippen molar-refractivity contribution < 1.29 is 13.9 Å². The van der Waals surface area contributed by atoms with Crippen molar-refractivity contribution in [3.8, 4) is 11.8 Å². The van der Waals surface area contributed by atoms with Crippen LogP contribution in [0.15, 0.2) is 0 Å². The zero-order chi connectivity index (χ0) is 32.7. The van der Waals surface area contributed by atoms with Crippen LogP contribution in [0.2, 0.25) is 0 Å². The lowest BCUT2D eigenvalue weighted by Gasteiger charge is -2.44. The highest BCUT2D eigenvalue weighted by molar-refractivity contribution is 5.80.